The van der Waals surface area contributed by atoms with Gasteiger partial charge in [-0.3, -0.25) is 28.9 Å². The first-order valence-electron chi connectivity index (χ1n) is 26.9. The summed E-state index contributed by atoms with van der Waals surface area (Å²) in [6.45, 7) is 25.1. The van der Waals surface area contributed by atoms with Crippen molar-refractivity contribution in [1.29, 1.82) is 0 Å². The van der Waals surface area contributed by atoms with Crippen LogP contribution in [0.2, 0.25) is 0 Å². The summed E-state index contributed by atoms with van der Waals surface area (Å²) in [5.41, 5.74) is 3.49. The highest BCUT2D eigenvalue weighted by atomic mass is 16.5. The smallest absolute Gasteiger partial charge is 0.308 e. The summed E-state index contributed by atoms with van der Waals surface area (Å²) < 4.78 is 30.0. The summed E-state index contributed by atoms with van der Waals surface area (Å²) >= 11 is 0. The van der Waals surface area contributed by atoms with Crippen LogP contribution in [-0.2, 0) is 14.4 Å². The fourth-order valence-corrected chi connectivity index (χ4v) is 11.7. The Kier molecular flexibility index (Phi) is 13.5. The van der Waals surface area contributed by atoms with Gasteiger partial charge in [0.15, 0.2) is 50.4 Å². The highest BCUT2D eigenvalue weighted by Crippen LogP contribution is 2.47. The largest absolute Gasteiger partial charge is 0.505 e. The summed E-state index contributed by atoms with van der Waals surface area (Å²) in [7, 11) is 0. The molecule has 2 aliphatic heterocycles. The zero-order chi connectivity index (χ0) is 57.8. The molecule has 6 N–H and O–H groups in total. The molecule has 0 aliphatic carbocycles. The Bertz CT molecular complexity index is 4440. The molecule has 10 aromatic rings. The summed E-state index contributed by atoms with van der Waals surface area (Å²) in [6.07, 6.45) is 0. The number of hydrogen-bond donors (Lipinski definition) is 6. The van der Waals surface area contributed by atoms with Gasteiger partial charge in [0.05, 0.1) is 10.8 Å². The highest BCUT2D eigenvalue weighted by molar-refractivity contribution is 6.26. The standard InChI is InChI=1S/C30H30N4O7.C30H32N4O6/c1-12-10-34(11-13(2)31-12)18-8-20(40-17(6)36)24-21(9-18)41-30-25(33-24)22-19-7-14(3)39-29(19)15(4)27(37)23(22)28(38)26(30)32-16(5)35;1-14(2)13-33-6-8-34(9-7-33)18-11-20(36)24-21(12-18)40-30-25(32-24)22-19-10-15(3)39-29(19)16(4)27(37)23(22)28(38)26(30)31-17(5)35/h7-9,12-13,31,38H,10-11H2,1-6H3,(H,32,35);10-12,14,36,38H,6-9,13H2,1-5H3,(H,31,35). The van der Waals surface area contributed by atoms with Gasteiger partial charge in [-0.1, -0.05) is 13.8 Å². The van der Waals surface area contributed by atoms with Crippen LogP contribution in [0.5, 0.6) is 23.0 Å². The lowest BCUT2D eigenvalue weighted by Crippen LogP contribution is -2.54. The average molecular weight is 1100 g/mol. The highest BCUT2D eigenvalue weighted by Gasteiger charge is 2.30. The number of carbonyl (C=O) groups is 3. The van der Waals surface area contributed by atoms with Crippen molar-refractivity contribution in [3.8, 4) is 23.0 Å². The number of anilines is 4. The predicted molar refractivity (Wildman–Crippen MR) is 312 cm³/mol. The molecule has 0 radical (unpaired) electrons. The maximum atomic E-state index is 13.5. The molecule has 0 spiro atoms. The van der Waals surface area contributed by atoms with Gasteiger partial charge < -0.3 is 63.5 Å². The van der Waals surface area contributed by atoms with E-state index in [9.17, 15) is 39.3 Å². The molecule has 2 saturated heterocycles. The SMILES string of the molecule is CC(=O)Nc1c(O)c2c(=O)c(C)c3oc(C)cc3c2c2nc3c(O)cc(N4CCN(CC(C)C)CC4)cc3oc12.CC(=O)Nc1c(O)c2c(=O)c(C)c3oc(C)cc3c2c2nc3c(OC(C)=O)cc(N4CC(C)NC(C)C4)cc3oc12. The molecule has 81 heavy (non-hydrogen) atoms. The number of benzene rings is 6. The first kappa shape index (κ1) is 54.0. The lowest BCUT2D eigenvalue weighted by Gasteiger charge is -2.37. The molecule has 2 fully saturated rings. The van der Waals surface area contributed by atoms with Crippen LogP contribution in [0.25, 0.3) is 87.9 Å². The van der Waals surface area contributed by atoms with Gasteiger partial charge in [0.1, 0.15) is 61.9 Å². The topological polar surface area (TPSA) is 279 Å². The van der Waals surface area contributed by atoms with E-state index in [4.69, 9.17) is 32.4 Å². The maximum absolute atomic E-state index is 13.5. The fraction of sp³-hybridized carbons (Fsp3) is 0.350. The van der Waals surface area contributed by atoms with E-state index in [0.717, 1.165) is 44.1 Å². The van der Waals surface area contributed by atoms with Crippen LogP contribution in [0, 0.1) is 33.6 Å². The number of amides is 2. The van der Waals surface area contributed by atoms with Gasteiger partial charge in [-0.05, 0) is 59.6 Å². The summed E-state index contributed by atoms with van der Waals surface area (Å²) in [6, 6.07) is 11.0. The molecule has 0 bridgehead atoms. The van der Waals surface area contributed by atoms with Crippen molar-refractivity contribution in [1.82, 2.24) is 20.2 Å². The molecule has 12 rings (SSSR count). The number of esters is 1. The molecule has 6 aromatic carbocycles. The van der Waals surface area contributed by atoms with Crippen molar-refractivity contribution in [2.24, 2.45) is 5.92 Å². The number of hydrogen-bond acceptors (Lipinski definition) is 19. The first-order chi connectivity index (χ1) is 38.4. The van der Waals surface area contributed by atoms with Crippen molar-refractivity contribution in [3.63, 3.8) is 0 Å². The van der Waals surface area contributed by atoms with Crippen LogP contribution in [0.1, 0.15) is 71.1 Å². The van der Waals surface area contributed by atoms with Crippen molar-refractivity contribution in [3.05, 3.63) is 79.5 Å². The Morgan fingerprint density at radius 1 is 0.630 bits per heavy atom. The van der Waals surface area contributed by atoms with Crippen molar-refractivity contribution < 1.29 is 52.1 Å². The monoisotopic (exact) mass is 1100 g/mol. The third kappa shape index (κ3) is 9.48. The van der Waals surface area contributed by atoms with Gasteiger partial charge in [-0.15, -0.1) is 0 Å². The quantitative estimate of drug-likeness (QED) is 0.0285. The van der Waals surface area contributed by atoms with Gasteiger partial charge in [-0.2, -0.15) is 0 Å². The Balaban J connectivity index is 0.000000170. The molecule has 6 heterocycles. The van der Waals surface area contributed by atoms with Gasteiger partial charge in [-0.25, -0.2) is 9.97 Å². The molecule has 21 nitrogen and oxygen atoms in total. The number of aromatic nitrogens is 2. The molecule has 2 atom stereocenters. The number of carbonyl (C=O) groups excluding carboxylic acids is 3. The molecule has 21 heteroatoms. The van der Waals surface area contributed by atoms with Gasteiger partial charge in [0, 0.05) is 147 Å². The number of phenols is 3. The van der Waals surface area contributed by atoms with Gasteiger partial charge in [0.25, 0.3) is 0 Å². The number of aryl methyl sites for hydroxylation is 4. The normalized spacial score (nSPS) is 16.2. The fourth-order valence-electron chi connectivity index (χ4n) is 11.7. The number of phenolic OH excluding ortho intramolecular Hbond substituents is 3. The van der Waals surface area contributed by atoms with E-state index in [1.807, 2.05) is 6.07 Å². The zero-order valence-electron chi connectivity index (χ0n) is 46.8. The lowest BCUT2D eigenvalue weighted by molar-refractivity contribution is -0.131. The second-order valence-electron chi connectivity index (χ2n) is 22.0. The number of nitrogens with one attached hydrogen (secondary N) is 3. The van der Waals surface area contributed by atoms with E-state index >= 15 is 0 Å². The number of fused-ring (bicyclic) bond motifs is 12. The second kappa shape index (κ2) is 20.3. The van der Waals surface area contributed by atoms with E-state index < -0.39 is 40.1 Å². The van der Waals surface area contributed by atoms with Crippen molar-refractivity contribution >= 4 is 128 Å². The molecule has 4 aromatic heterocycles. The van der Waals surface area contributed by atoms with Gasteiger partial charge >= 0.3 is 5.97 Å². The Hall–Kier alpha value is -8.95. The first-order valence-corrected chi connectivity index (χ1v) is 26.9. The summed E-state index contributed by atoms with van der Waals surface area (Å²) in [5.74, 6) is -0.435. The van der Waals surface area contributed by atoms with E-state index in [1.54, 1.807) is 58.0 Å². The molecule has 2 unspecified atom stereocenters. The third-order valence-electron chi connectivity index (χ3n) is 14.9. The lowest BCUT2D eigenvalue weighted by atomic mass is 9.98. The van der Waals surface area contributed by atoms with Crippen LogP contribution < -0.4 is 41.3 Å². The Morgan fingerprint density at radius 2 is 1.10 bits per heavy atom. The van der Waals surface area contributed by atoms with Crippen LogP contribution >= 0.6 is 0 Å². The van der Waals surface area contributed by atoms with Crippen LogP contribution in [-0.4, -0.2) is 106 Å². The average Bonchev–Trinajstić information content (AvgIpc) is 4.03. The van der Waals surface area contributed by atoms with Gasteiger partial charge in [0.2, 0.25) is 11.8 Å². The van der Waals surface area contributed by atoms with E-state index in [-0.39, 0.29) is 90.1 Å². The number of piperazine rings is 2. The zero-order valence-corrected chi connectivity index (χ0v) is 46.8. The minimum atomic E-state index is -0.535. The van der Waals surface area contributed by atoms with Crippen molar-refractivity contribution in [2.75, 3.05) is 66.2 Å². The van der Waals surface area contributed by atoms with Crippen LogP contribution in [0.15, 0.2) is 63.7 Å². The van der Waals surface area contributed by atoms with E-state index in [2.05, 4.69) is 58.3 Å². The van der Waals surface area contributed by atoms with E-state index in [1.165, 1.54) is 20.8 Å². The van der Waals surface area contributed by atoms with Crippen LogP contribution in [0.3, 0.4) is 0 Å². The molecular weight excluding hydrogens is 1040 g/mol. The molecular formula is C60H62N8O13. The van der Waals surface area contributed by atoms with E-state index in [0.29, 0.717) is 74.4 Å². The van der Waals surface area contributed by atoms with Crippen LogP contribution in [0.4, 0.5) is 22.7 Å². The number of nitrogens with zero attached hydrogens (tertiary/aromatic N) is 5. The third-order valence-corrected chi connectivity index (χ3v) is 14.9. The summed E-state index contributed by atoms with van der Waals surface area (Å²) in [5, 5.41) is 44.4. The second-order valence-corrected chi connectivity index (χ2v) is 22.0. The molecule has 2 amide bonds. The summed E-state index contributed by atoms with van der Waals surface area (Å²) in [4.78, 5) is 79.9. The minimum absolute atomic E-state index is 0.000483. The maximum Gasteiger partial charge on any atom is 0.308 e. The number of aromatic hydroxyl groups is 3. The number of furan rings is 2. The predicted octanol–water partition coefficient (Wildman–Crippen LogP) is 9.64. The molecule has 420 valence electrons. The minimum Gasteiger partial charge on any atom is -0.505 e. The Labute approximate surface area is 462 Å². The Morgan fingerprint density at radius 3 is 1.57 bits per heavy atom. The molecule has 0 saturated carbocycles. The van der Waals surface area contributed by atoms with Crippen molar-refractivity contribution in [2.45, 2.75) is 88.2 Å². The molecule has 2 aliphatic rings. The number of rotatable bonds is 7. The number of ether oxygens (including phenoxy) is 1.